The minimum Gasteiger partial charge on any atom is -0.415 e. The summed E-state index contributed by atoms with van der Waals surface area (Å²) in [6, 6.07) is 25.3. The van der Waals surface area contributed by atoms with Crippen LogP contribution in [0.4, 0.5) is 28.9 Å². The van der Waals surface area contributed by atoms with E-state index in [0.29, 0.717) is 63.2 Å². The number of nitrogens with zero attached hydrogens (tertiary/aromatic N) is 6. The lowest BCUT2D eigenvalue weighted by molar-refractivity contribution is 0.100. The van der Waals surface area contributed by atoms with Gasteiger partial charge in [0.2, 0.25) is 25.9 Å². The van der Waals surface area contributed by atoms with Gasteiger partial charge in [-0.1, -0.05) is 54.6 Å². The third-order valence-corrected chi connectivity index (χ3v) is 15.5. The second kappa shape index (κ2) is 20.3. The number of carbonyl (C=O) groups excluding carboxylic acids is 1. The number of ketones is 1. The Morgan fingerprint density at radius 1 is 0.710 bits per heavy atom. The molecule has 0 radical (unpaired) electrons. The van der Waals surface area contributed by atoms with Gasteiger partial charge in [-0.15, -0.1) is 10.2 Å². The van der Waals surface area contributed by atoms with Gasteiger partial charge in [-0.25, -0.2) is 25.6 Å². The van der Waals surface area contributed by atoms with Crippen LogP contribution in [0.2, 0.25) is 0 Å². The second-order valence-electron chi connectivity index (χ2n) is 15.3. The highest BCUT2D eigenvalue weighted by molar-refractivity contribution is 7.93. The summed E-state index contributed by atoms with van der Waals surface area (Å²) in [6.07, 6.45) is -0.872. The van der Waals surface area contributed by atoms with Crippen LogP contribution in [0.3, 0.4) is 0 Å². The van der Waals surface area contributed by atoms with Crippen molar-refractivity contribution in [3.63, 3.8) is 0 Å². The molecule has 1 aromatic heterocycles. The van der Waals surface area contributed by atoms with E-state index in [9.17, 15) is 39.2 Å². The number of benzene rings is 4. The highest BCUT2D eigenvalue weighted by atomic mass is 32.2. The molecule has 4 aromatic carbocycles. The standard InChI is InChI=1S/C22H23F3N4O3S.C21H26FN3O3S/c1-28-11-9-18(10-12-28)33(30,31)29(17-5-3-2-4-6-17)14-16-8-7-15(13-19(16)23)21-26-27-22(32-21)20(24)25;1-24-11-9-19(10-12-24)29(27,28)25(18-5-3-2-4-6-18)15-17-8-7-16(13-20(17)22)21(26)14-23/h2-8,13,18,20H,9-12,14H2,1H3;2-8,13,19H,9-12,14-15,23H2,1H3. The molecular weight excluding hydrogens is 851 g/mol. The minimum absolute atomic E-state index is 0.125. The fourth-order valence-corrected chi connectivity index (χ4v) is 11.1. The maximum atomic E-state index is 15.0. The van der Waals surface area contributed by atoms with Crippen LogP contribution in [0, 0.1) is 11.6 Å². The molecule has 3 heterocycles. The summed E-state index contributed by atoms with van der Waals surface area (Å²) in [4.78, 5) is 15.9. The molecule has 5 aromatic rings. The molecule has 2 aliphatic rings. The first kappa shape index (κ1) is 46.3. The Morgan fingerprint density at radius 2 is 1.16 bits per heavy atom. The summed E-state index contributed by atoms with van der Waals surface area (Å²) in [5.74, 6) is -2.79. The lowest BCUT2D eigenvalue weighted by Crippen LogP contribution is -2.44. The fourth-order valence-electron chi connectivity index (χ4n) is 7.29. The molecule has 0 amide bonds. The van der Waals surface area contributed by atoms with Crippen molar-refractivity contribution in [3.8, 4) is 11.5 Å². The summed E-state index contributed by atoms with van der Waals surface area (Å²) in [6.45, 7) is 2.19. The van der Waals surface area contributed by atoms with Gasteiger partial charge in [0.25, 0.3) is 5.89 Å². The van der Waals surface area contributed by atoms with E-state index in [4.69, 9.17) is 10.2 Å². The van der Waals surface area contributed by atoms with Gasteiger partial charge in [-0.2, -0.15) is 8.78 Å². The number of aromatic nitrogens is 2. The summed E-state index contributed by atoms with van der Waals surface area (Å²) in [5, 5.41) is 5.68. The Hall–Kier alpha value is -5.21. The van der Waals surface area contributed by atoms with Crippen LogP contribution in [0.5, 0.6) is 0 Å². The molecular formula is C43H49F4N7O6S2. The molecule has 0 saturated carbocycles. The van der Waals surface area contributed by atoms with Gasteiger partial charge in [0, 0.05) is 22.3 Å². The average Bonchev–Trinajstić information content (AvgIpc) is 3.77. The number of likely N-dealkylation sites (tertiary alicyclic amines) is 2. The topological polar surface area (TPSA) is 163 Å². The molecule has 19 heteroatoms. The zero-order valence-corrected chi connectivity index (χ0v) is 35.9. The predicted molar refractivity (Wildman–Crippen MR) is 229 cm³/mol. The van der Waals surface area contributed by atoms with Crippen LogP contribution < -0.4 is 14.3 Å². The molecule has 0 bridgehead atoms. The van der Waals surface area contributed by atoms with Gasteiger partial charge in [-0.3, -0.25) is 13.4 Å². The van der Waals surface area contributed by atoms with Crippen molar-refractivity contribution in [1.82, 2.24) is 20.0 Å². The first-order chi connectivity index (χ1) is 29.6. The molecule has 13 nitrogen and oxygen atoms in total. The Labute approximate surface area is 359 Å². The molecule has 0 spiro atoms. The van der Waals surface area contributed by atoms with Crippen molar-refractivity contribution < 1.29 is 43.6 Å². The SMILES string of the molecule is CN1CCC(S(=O)(=O)N(Cc2ccc(-c3nnc(C(F)F)o3)cc2F)c2ccccc2)CC1.CN1CCC(S(=O)(=O)N(Cc2ccc(C(=O)CN)cc2F)c2ccccc2)CC1. The lowest BCUT2D eigenvalue weighted by atomic mass is 10.1. The van der Waals surface area contributed by atoms with Gasteiger partial charge >= 0.3 is 6.43 Å². The number of hydrogen-bond donors (Lipinski definition) is 1. The highest BCUT2D eigenvalue weighted by Crippen LogP contribution is 2.31. The molecule has 332 valence electrons. The number of anilines is 2. The van der Waals surface area contributed by atoms with Gasteiger partial charge < -0.3 is 20.0 Å². The largest absolute Gasteiger partial charge is 0.415 e. The third kappa shape index (κ3) is 11.0. The van der Waals surface area contributed by atoms with Crippen LogP contribution in [-0.4, -0.2) is 99.9 Å². The third-order valence-electron chi connectivity index (χ3n) is 11.0. The Morgan fingerprint density at radius 3 is 1.56 bits per heavy atom. The molecule has 2 fully saturated rings. The maximum absolute atomic E-state index is 15.0. The average molecular weight is 900 g/mol. The number of rotatable bonds is 14. The first-order valence-electron chi connectivity index (χ1n) is 20.0. The Kier molecular flexibility index (Phi) is 15.2. The molecule has 0 aliphatic carbocycles. The highest BCUT2D eigenvalue weighted by Gasteiger charge is 2.36. The summed E-state index contributed by atoms with van der Waals surface area (Å²) in [5.41, 5.74) is 6.92. The summed E-state index contributed by atoms with van der Waals surface area (Å²) < 4.78 is 116. The molecule has 0 unspecified atom stereocenters. The van der Waals surface area contributed by atoms with E-state index in [1.165, 1.54) is 32.9 Å². The van der Waals surface area contributed by atoms with Crippen molar-refractivity contribution in [2.75, 3.05) is 55.4 Å². The summed E-state index contributed by atoms with van der Waals surface area (Å²) in [7, 11) is -3.55. The molecule has 2 aliphatic heterocycles. The number of para-hydroxylation sites is 2. The lowest BCUT2D eigenvalue weighted by Gasteiger charge is -2.34. The number of alkyl halides is 2. The van der Waals surface area contributed by atoms with Crippen molar-refractivity contribution in [1.29, 1.82) is 0 Å². The van der Waals surface area contributed by atoms with E-state index in [1.807, 2.05) is 14.1 Å². The normalized spacial score (nSPS) is 15.9. The minimum atomic E-state index is -3.77. The number of sulfonamides is 2. The van der Waals surface area contributed by atoms with E-state index in [0.717, 1.165) is 12.1 Å². The van der Waals surface area contributed by atoms with Crippen LogP contribution in [-0.2, 0) is 33.1 Å². The zero-order valence-electron chi connectivity index (χ0n) is 34.3. The van der Waals surface area contributed by atoms with Crippen molar-refractivity contribution in [2.24, 2.45) is 5.73 Å². The van der Waals surface area contributed by atoms with E-state index < -0.39 is 54.5 Å². The van der Waals surface area contributed by atoms with E-state index in [2.05, 4.69) is 20.0 Å². The molecule has 2 N–H and O–H groups in total. The van der Waals surface area contributed by atoms with E-state index >= 15 is 0 Å². The van der Waals surface area contributed by atoms with Crippen molar-refractivity contribution >= 4 is 37.2 Å². The molecule has 7 rings (SSSR count). The van der Waals surface area contributed by atoms with Crippen LogP contribution in [0.1, 0.15) is 59.5 Å². The van der Waals surface area contributed by atoms with Crippen molar-refractivity contribution in [3.05, 3.63) is 131 Å². The molecule has 0 atom stereocenters. The Bertz CT molecular complexity index is 2500. The number of Topliss-reactive ketones (excluding diaryl/α,β-unsaturated/α-hetero) is 1. The maximum Gasteiger partial charge on any atom is 0.314 e. The van der Waals surface area contributed by atoms with Crippen LogP contribution >= 0.6 is 0 Å². The van der Waals surface area contributed by atoms with E-state index in [-0.39, 0.29) is 53.6 Å². The molecule has 62 heavy (non-hydrogen) atoms. The fraction of sp³-hybridized carbons (Fsp3) is 0.372. The first-order valence-corrected chi connectivity index (χ1v) is 23.0. The van der Waals surface area contributed by atoms with E-state index in [1.54, 1.807) is 60.7 Å². The smallest absolute Gasteiger partial charge is 0.314 e. The number of piperidine rings is 2. The van der Waals surface area contributed by atoms with Crippen LogP contribution in [0.15, 0.2) is 101 Å². The number of carbonyl (C=O) groups is 1. The van der Waals surface area contributed by atoms with Gasteiger partial charge in [-0.05, 0) is 108 Å². The van der Waals surface area contributed by atoms with Crippen molar-refractivity contribution in [2.45, 2.75) is 55.7 Å². The predicted octanol–water partition coefficient (Wildman–Crippen LogP) is 6.64. The quantitative estimate of drug-likeness (QED) is 0.0939. The number of nitrogens with two attached hydrogens (primary N) is 1. The zero-order chi connectivity index (χ0) is 44.6. The monoisotopic (exact) mass is 899 g/mol. The van der Waals surface area contributed by atoms with Gasteiger partial charge in [0.1, 0.15) is 11.6 Å². The summed E-state index contributed by atoms with van der Waals surface area (Å²) >= 11 is 0. The van der Waals surface area contributed by atoms with Crippen LogP contribution in [0.25, 0.3) is 11.5 Å². The second-order valence-corrected chi connectivity index (χ2v) is 19.5. The molecule has 2 saturated heterocycles. The van der Waals surface area contributed by atoms with Gasteiger partial charge in [0.05, 0.1) is 41.5 Å². The van der Waals surface area contributed by atoms with Gasteiger partial charge in [0.15, 0.2) is 5.78 Å². The number of halogens is 4. The Balaban J connectivity index is 0.000000209. The number of hydrogen-bond acceptors (Lipinski definition) is 11.